The molecule has 1 aromatic rings. The van der Waals surface area contributed by atoms with Crippen LogP contribution in [-0.4, -0.2) is 34.4 Å². The van der Waals surface area contributed by atoms with Gasteiger partial charge in [-0.3, -0.25) is 0 Å². The molecule has 1 N–H and O–H groups in total. The van der Waals surface area contributed by atoms with Crippen molar-refractivity contribution in [3.63, 3.8) is 0 Å². The van der Waals surface area contributed by atoms with E-state index in [0.29, 0.717) is 5.95 Å². The van der Waals surface area contributed by atoms with E-state index in [-0.39, 0.29) is 5.60 Å². The fraction of sp³-hybridized carbons (Fsp3) is 0.769. The van der Waals surface area contributed by atoms with Crippen LogP contribution in [0.5, 0.6) is 0 Å². The van der Waals surface area contributed by atoms with Crippen molar-refractivity contribution in [2.45, 2.75) is 51.6 Å². The summed E-state index contributed by atoms with van der Waals surface area (Å²) in [5.41, 5.74) is 2.02. The highest BCUT2D eigenvalue weighted by Crippen LogP contribution is 2.34. The zero-order chi connectivity index (χ0) is 13.0. The average Bonchev–Trinajstić information content (AvgIpc) is 2.37. The number of hydrogen-bond acceptors (Lipinski definition) is 5. The lowest BCUT2D eigenvalue weighted by molar-refractivity contribution is -0.0602. The Bertz CT molecular complexity index is 398. The van der Waals surface area contributed by atoms with Gasteiger partial charge in [-0.25, -0.2) is 4.98 Å². The van der Waals surface area contributed by atoms with Crippen molar-refractivity contribution < 1.29 is 4.74 Å². The molecule has 1 aromatic heterocycles. The number of aryl methyl sites for hydroxylation is 2. The minimum absolute atomic E-state index is 0.0147. The van der Waals surface area contributed by atoms with Gasteiger partial charge in [0.2, 0.25) is 5.95 Å². The summed E-state index contributed by atoms with van der Waals surface area (Å²) in [6, 6.07) is 0. The molecule has 1 aliphatic carbocycles. The molecule has 1 aliphatic rings. The molecule has 0 spiro atoms. The summed E-state index contributed by atoms with van der Waals surface area (Å²) >= 11 is 0. The Morgan fingerprint density at radius 2 is 1.89 bits per heavy atom. The summed E-state index contributed by atoms with van der Waals surface area (Å²) in [6.45, 7) is 4.93. The number of aromatic nitrogens is 3. The Kier molecular flexibility index (Phi) is 4.11. The smallest absolute Gasteiger partial charge is 0.243 e. The quantitative estimate of drug-likeness (QED) is 0.836. The Balaban J connectivity index is 2.01. The normalized spacial score (nSPS) is 17.3. The molecule has 5 nitrogen and oxygen atoms in total. The van der Waals surface area contributed by atoms with E-state index in [1.807, 2.05) is 0 Å². The van der Waals surface area contributed by atoms with Crippen LogP contribution in [0.25, 0.3) is 0 Å². The first-order valence-electron chi connectivity index (χ1n) is 6.74. The van der Waals surface area contributed by atoms with Gasteiger partial charge < -0.3 is 10.1 Å². The van der Waals surface area contributed by atoms with Gasteiger partial charge in [0.1, 0.15) is 0 Å². The zero-order valence-corrected chi connectivity index (χ0v) is 11.5. The van der Waals surface area contributed by atoms with Crippen molar-refractivity contribution in [2.24, 2.45) is 0 Å². The predicted molar refractivity (Wildman–Crippen MR) is 70.7 cm³/mol. The highest BCUT2D eigenvalue weighted by Gasteiger charge is 2.36. The minimum atomic E-state index is -0.0147. The molecule has 0 atom stereocenters. The first-order valence-corrected chi connectivity index (χ1v) is 6.74. The van der Waals surface area contributed by atoms with E-state index in [1.54, 1.807) is 7.11 Å². The lowest BCUT2D eigenvalue weighted by atomic mass is 9.80. The summed E-state index contributed by atoms with van der Waals surface area (Å²) in [6.07, 6.45) is 5.23. The number of anilines is 1. The molecule has 0 radical (unpaired) electrons. The molecular formula is C13H22N4O. The maximum atomic E-state index is 5.56. The van der Waals surface area contributed by atoms with Gasteiger partial charge >= 0.3 is 0 Å². The second-order valence-corrected chi connectivity index (χ2v) is 4.83. The molecule has 0 saturated heterocycles. The van der Waals surface area contributed by atoms with Crippen LogP contribution < -0.4 is 5.32 Å². The molecule has 0 aromatic carbocycles. The predicted octanol–water partition coefficient (Wildman–Crippen LogP) is 1.98. The Hall–Kier alpha value is -1.23. The van der Waals surface area contributed by atoms with Crippen LogP contribution in [0.4, 0.5) is 5.95 Å². The second-order valence-electron chi connectivity index (χ2n) is 4.83. The number of methoxy groups -OCH3 is 1. The van der Waals surface area contributed by atoms with Crippen molar-refractivity contribution in [3.05, 3.63) is 11.4 Å². The Morgan fingerprint density at radius 3 is 2.39 bits per heavy atom. The third kappa shape index (κ3) is 2.61. The van der Waals surface area contributed by atoms with Gasteiger partial charge in [0, 0.05) is 13.7 Å². The van der Waals surface area contributed by atoms with Gasteiger partial charge in [-0.05, 0) is 32.1 Å². The van der Waals surface area contributed by atoms with Crippen LogP contribution in [0.1, 0.15) is 44.5 Å². The maximum Gasteiger partial charge on any atom is 0.243 e. The number of rotatable bonds is 6. The summed E-state index contributed by atoms with van der Waals surface area (Å²) < 4.78 is 5.56. The van der Waals surface area contributed by atoms with E-state index < -0.39 is 0 Å². The van der Waals surface area contributed by atoms with E-state index in [2.05, 4.69) is 34.3 Å². The Morgan fingerprint density at radius 1 is 1.17 bits per heavy atom. The largest absolute Gasteiger partial charge is 0.376 e. The molecular weight excluding hydrogens is 228 g/mol. The highest BCUT2D eigenvalue weighted by atomic mass is 16.5. The summed E-state index contributed by atoms with van der Waals surface area (Å²) in [4.78, 5) is 4.52. The summed E-state index contributed by atoms with van der Waals surface area (Å²) in [5.74, 6) is 0.618. The standard InChI is InChI=1S/C13H22N4O/c1-4-10-11(5-2)16-17-12(15-10)14-9-13(18-3)7-6-8-13/h4-9H2,1-3H3,(H,14,15,17). The van der Waals surface area contributed by atoms with Gasteiger partial charge in [0.15, 0.2) is 0 Å². The topological polar surface area (TPSA) is 59.9 Å². The third-order valence-electron chi connectivity index (χ3n) is 3.78. The lowest BCUT2D eigenvalue weighted by Gasteiger charge is -2.40. The van der Waals surface area contributed by atoms with Crippen molar-refractivity contribution in [1.82, 2.24) is 15.2 Å². The fourth-order valence-electron chi connectivity index (χ4n) is 2.28. The van der Waals surface area contributed by atoms with E-state index in [1.165, 1.54) is 6.42 Å². The van der Waals surface area contributed by atoms with Crippen LogP contribution in [0.15, 0.2) is 0 Å². The van der Waals surface area contributed by atoms with Crippen molar-refractivity contribution in [3.8, 4) is 0 Å². The number of nitrogens with zero attached hydrogens (tertiary/aromatic N) is 3. The summed E-state index contributed by atoms with van der Waals surface area (Å²) in [7, 11) is 1.78. The van der Waals surface area contributed by atoms with Crippen LogP contribution in [0, 0.1) is 0 Å². The van der Waals surface area contributed by atoms with E-state index in [9.17, 15) is 0 Å². The van der Waals surface area contributed by atoms with Crippen molar-refractivity contribution in [1.29, 1.82) is 0 Å². The van der Waals surface area contributed by atoms with Crippen molar-refractivity contribution in [2.75, 3.05) is 19.0 Å². The van der Waals surface area contributed by atoms with Crippen LogP contribution in [0.2, 0.25) is 0 Å². The molecule has 0 aliphatic heterocycles. The van der Waals surface area contributed by atoms with E-state index in [0.717, 1.165) is 43.6 Å². The summed E-state index contributed by atoms with van der Waals surface area (Å²) in [5, 5.41) is 11.6. The average molecular weight is 250 g/mol. The molecule has 2 rings (SSSR count). The molecule has 0 unspecified atom stereocenters. The molecule has 1 saturated carbocycles. The monoisotopic (exact) mass is 250 g/mol. The number of ether oxygens (including phenoxy) is 1. The highest BCUT2D eigenvalue weighted by molar-refractivity contribution is 5.27. The maximum absolute atomic E-state index is 5.56. The zero-order valence-electron chi connectivity index (χ0n) is 11.5. The Labute approximate surface area is 108 Å². The number of nitrogens with one attached hydrogen (secondary N) is 1. The molecule has 1 heterocycles. The van der Waals surface area contributed by atoms with E-state index in [4.69, 9.17) is 4.74 Å². The molecule has 1 fully saturated rings. The molecule has 0 bridgehead atoms. The molecule has 5 heteroatoms. The fourth-order valence-corrected chi connectivity index (χ4v) is 2.28. The lowest BCUT2D eigenvalue weighted by Crippen LogP contribution is -2.45. The van der Waals surface area contributed by atoms with Crippen molar-refractivity contribution >= 4 is 5.95 Å². The van der Waals surface area contributed by atoms with Gasteiger partial charge in [0.05, 0.1) is 17.0 Å². The SMILES string of the molecule is CCc1nnc(NCC2(OC)CCC2)nc1CC. The van der Waals surface area contributed by atoms with Crippen LogP contribution >= 0.6 is 0 Å². The van der Waals surface area contributed by atoms with Crippen LogP contribution in [-0.2, 0) is 17.6 Å². The molecule has 0 amide bonds. The van der Waals surface area contributed by atoms with Gasteiger partial charge in [-0.15, -0.1) is 5.10 Å². The second kappa shape index (κ2) is 5.61. The van der Waals surface area contributed by atoms with Gasteiger partial charge in [-0.1, -0.05) is 13.8 Å². The number of hydrogen-bond donors (Lipinski definition) is 1. The molecule has 100 valence electrons. The third-order valence-corrected chi connectivity index (χ3v) is 3.78. The van der Waals surface area contributed by atoms with Gasteiger partial charge in [0.25, 0.3) is 0 Å². The molecule has 18 heavy (non-hydrogen) atoms. The first-order chi connectivity index (χ1) is 8.73. The van der Waals surface area contributed by atoms with Crippen LogP contribution in [0.3, 0.4) is 0 Å². The minimum Gasteiger partial charge on any atom is -0.376 e. The van der Waals surface area contributed by atoms with Gasteiger partial charge in [-0.2, -0.15) is 5.10 Å². The van der Waals surface area contributed by atoms with E-state index >= 15 is 0 Å². The first kappa shape index (κ1) is 13.2.